The van der Waals surface area contributed by atoms with Crippen LogP contribution in [0.15, 0.2) is 18.3 Å². The fourth-order valence-electron chi connectivity index (χ4n) is 0.823. The Morgan fingerprint density at radius 3 is 3.08 bits per heavy atom. The van der Waals surface area contributed by atoms with E-state index in [-0.39, 0.29) is 0 Å². The first kappa shape index (κ1) is 10.1. The second kappa shape index (κ2) is 4.90. The van der Waals surface area contributed by atoms with Gasteiger partial charge in [-0.2, -0.15) is 17.9 Å². The van der Waals surface area contributed by atoms with Crippen molar-refractivity contribution < 1.29 is 0 Å². The molecule has 0 bridgehead atoms. The van der Waals surface area contributed by atoms with Crippen molar-refractivity contribution in [3.05, 3.63) is 34.6 Å². The average molecular weight is 211 g/mol. The van der Waals surface area contributed by atoms with Crippen LogP contribution in [-0.4, -0.2) is 10.7 Å². The Morgan fingerprint density at radius 1 is 1.69 bits per heavy atom. The Balaban J connectivity index is 3.06. The predicted octanol–water partition coefficient (Wildman–Crippen LogP) is 2.55. The van der Waals surface area contributed by atoms with Crippen LogP contribution in [0.2, 0.25) is 5.15 Å². The van der Waals surface area contributed by atoms with Crippen molar-refractivity contribution in [2.75, 3.05) is 5.75 Å². The summed E-state index contributed by atoms with van der Waals surface area (Å²) in [6.45, 7) is 0. The molecule has 0 aliphatic rings. The number of aromatic nitrogens is 1. The molecule has 0 saturated heterocycles. The topological polar surface area (TPSA) is 36.7 Å². The highest BCUT2D eigenvalue weighted by Gasteiger charge is 1.98. The third-order valence-electron chi connectivity index (χ3n) is 1.40. The molecule has 0 unspecified atom stereocenters. The average Bonchev–Trinajstić information content (AvgIpc) is 2.17. The van der Waals surface area contributed by atoms with Gasteiger partial charge in [0.05, 0.1) is 5.56 Å². The van der Waals surface area contributed by atoms with Crippen LogP contribution in [0.4, 0.5) is 0 Å². The van der Waals surface area contributed by atoms with Crippen molar-refractivity contribution in [1.29, 1.82) is 5.26 Å². The summed E-state index contributed by atoms with van der Waals surface area (Å²) in [5.41, 5.74) is 1.25. The van der Waals surface area contributed by atoms with Crippen molar-refractivity contribution in [1.82, 2.24) is 4.98 Å². The summed E-state index contributed by atoms with van der Waals surface area (Å²) < 4.78 is 0. The standard InChI is InChI=1S/C9H7ClN2S/c10-9-8(2-1-3-13)4-7(5-11)6-12-9/h1-2,4,6,13H,3H2. The van der Waals surface area contributed by atoms with Crippen LogP contribution < -0.4 is 0 Å². The Labute approximate surface area is 87.3 Å². The van der Waals surface area contributed by atoms with Crippen molar-refractivity contribution >= 4 is 30.3 Å². The van der Waals surface area contributed by atoms with Crippen molar-refractivity contribution in [3.63, 3.8) is 0 Å². The lowest BCUT2D eigenvalue weighted by atomic mass is 10.2. The van der Waals surface area contributed by atoms with Crippen LogP contribution >= 0.6 is 24.2 Å². The Kier molecular flexibility index (Phi) is 3.81. The Hall–Kier alpha value is -0.980. The first-order valence-electron chi connectivity index (χ1n) is 3.61. The Morgan fingerprint density at radius 2 is 2.46 bits per heavy atom. The molecule has 0 saturated carbocycles. The van der Waals surface area contributed by atoms with E-state index in [2.05, 4.69) is 17.6 Å². The molecule has 0 radical (unpaired) electrons. The lowest BCUT2D eigenvalue weighted by molar-refractivity contribution is 1.29. The maximum absolute atomic E-state index is 8.61. The quantitative estimate of drug-likeness (QED) is 0.602. The number of pyridine rings is 1. The molecule has 66 valence electrons. The first-order chi connectivity index (χ1) is 6.27. The molecule has 1 aromatic heterocycles. The third kappa shape index (κ3) is 2.76. The van der Waals surface area contributed by atoms with E-state index in [0.717, 1.165) is 5.56 Å². The fraction of sp³-hybridized carbons (Fsp3) is 0.111. The van der Waals surface area contributed by atoms with E-state index in [0.29, 0.717) is 16.5 Å². The minimum absolute atomic E-state index is 0.400. The van der Waals surface area contributed by atoms with E-state index in [9.17, 15) is 0 Å². The van der Waals surface area contributed by atoms with Crippen LogP contribution in [0.5, 0.6) is 0 Å². The third-order valence-corrected chi connectivity index (χ3v) is 1.92. The number of nitriles is 1. The van der Waals surface area contributed by atoms with Gasteiger partial charge in [-0.15, -0.1) is 0 Å². The molecule has 1 rings (SSSR count). The summed E-state index contributed by atoms with van der Waals surface area (Å²) in [6.07, 6.45) is 5.08. The summed E-state index contributed by atoms with van der Waals surface area (Å²) in [5, 5.41) is 9.01. The zero-order valence-electron chi connectivity index (χ0n) is 6.74. The van der Waals surface area contributed by atoms with Crippen LogP contribution in [0.3, 0.4) is 0 Å². The molecule has 4 heteroatoms. The number of rotatable bonds is 2. The number of halogens is 1. The smallest absolute Gasteiger partial charge is 0.136 e. The van der Waals surface area contributed by atoms with Crippen molar-refractivity contribution in [2.24, 2.45) is 0 Å². The molecule has 0 aromatic carbocycles. The molecule has 0 atom stereocenters. The molecule has 0 N–H and O–H groups in total. The normalized spacial score (nSPS) is 10.2. The maximum Gasteiger partial charge on any atom is 0.136 e. The molecule has 0 fully saturated rings. The van der Waals surface area contributed by atoms with E-state index in [1.807, 2.05) is 12.1 Å². The molecule has 0 aliphatic heterocycles. The zero-order valence-corrected chi connectivity index (χ0v) is 8.39. The fourth-order valence-corrected chi connectivity index (χ4v) is 1.09. The molecule has 1 aromatic rings. The lowest BCUT2D eigenvalue weighted by Crippen LogP contribution is -1.84. The lowest BCUT2D eigenvalue weighted by Gasteiger charge is -1.96. The van der Waals surface area contributed by atoms with Crippen molar-refractivity contribution in [2.45, 2.75) is 0 Å². The summed E-state index contributed by atoms with van der Waals surface area (Å²) in [6, 6.07) is 3.69. The minimum atomic E-state index is 0.400. The first-order valence-corrected chi connectivity index (χ1v) is 4.62. The van der Waals surface area contributed by atoms with E-state index in [1.54, 1.807) is 12.1 Å². The van der Waals surface area contributed by atoms with E-state index < -0.39 is 0 Å². The van der Waals surface area contributed by atoms with Gasteiger partial charge in [0.2, 0.25) is 0 Å². The van der Waals surface area contributed by atoms with Gasteiger partial charge in [-0.1, -0.05) is 23.8 Å². The number of hydrogen-bond acceptors (Lipinski definition) is 3. The molecule has 0 amide bonds. The highest BCUT2D eigenvalue weighted by molar-refractivity contribution is 7.80. The molecular formula is C9H7ClN2S. The van der Waals surface area contributed by atoms with E-state index in [1.165, 1.54) is 6.20 Å². The highest BCUT2D eigenvalue weighted by Crippen LogP contribution is 2.15. The number of hydrogen-bond donors (Lipinski definition) is 1. The van der Waals surface area contributed by atoms with Crippen LogP contribution in [0.1, 0.15) is 11.1 Å². The second-order valence-corrected chi connectivity index (χ2v) is 3.02. The van der Waals surface area contributed by atoms with Gasteiger partial charge in [-0.3, -0.25) is 0 Å². The molecule has 1 heterocycles. The molecule has 0 spiro atoms. The van der Waals surface area contributed by atoms with Gasteiger partial charge in [0.25, 0.3) is 0 Å². The van der Waals surface area contributed by atoms with Gasteiger partial charge in [-0.05, 0) is 6.07 Å². The molecule has 2 nitrogen and oxygen atoms in total. The monoisotopic (exact) mass is 210 g/mol. The predicted molar refractivity (Wildman–Crippen MR) is 56.8 cm³/mol. The zero-order chi connectivity index (χ0) is 9.68. The molecule has 0 aliphatic carbocycles. The van der Waals surface area contributed by atoms with Crippen molar-refractivity contribution in [3.8, 4) is 6.07 Å². The van der Waals surface area contributed by atoms with Gasteiger partial charge in [0.15, 0.2) is 0 Å². The van der Waals surface area contributed by atoms with Crippen LogP contribution in [0.25, 0.3) is 6.08 Å². The summed E-state index contributed by atoms with van der Waals surface area (Å²) in [7, 11) is 0. The van der Waals surface area contributed by atoms with Crippen LogP contribution in [0, 0.1) is 11.3 Å². The summed E-state index contributed by atoms with van der Waals surface area (Å²) in [5.74, 6) is 0.632. The van der Waals surface area contributed by atoms with Crippen LogP contribution in [-0.2, 0) is 0 Å². The molecular weight excluding hydrogens is 204 g/mol. The largest absolute Gasteiger partial charge is 0.243 e. The van der Waals surface area contributed by atoms with Gasteiger partial charge < -0.3 is 0 Å². The van der Waals surface area contributed by atoms with Gasteiger partial charge in [-0.25, -0.2) is 4.98 Å². The SMILES string of the molecule is N#Cc1cnc(Cl)c(C=CCS)c1. The van der Waals surface area contributed by atoms with E-state index >= 15 is 0 Å². The minimum Gasteiger partial charge on any atom is -0.243 e. The maximum atomic E-state index is 8.61. The van der Waals surface area contributed by atoms with Gasteiger partial charge >= 0.3 is 0 Å². The second-order valence-electron chi connectivity index (χ2n) is 2.30. The summed E-state index contributed by atoms with van der Waals surface area (Å²) >= 11 is 9.81. The van der Waals surface area contributed by atoms with Gasteiger partial charge in [0.1, 0.15) is 11.2 Å². The Bertz CT molecular complexity index is 368. The number of nitrogens with zero attached hydrogens (tertiary/aromatic N) is 2. The number of thiol groups is 1. The van der Waals surface area contributed by atoms with Gasteiger partial charge in [0, 0.05) is 17.5 Å². The highest BCUT2D eigenvalue weighted by atomic mass is 35.5. The summed E-state index contributed by atoms with van der Waals surface area (Å²) in [4.78, 5) is 3.87. The molecule has 13 heavy (non-hydrogen) atoms. The van der Waals surface area contributed by atoms with E-state index in [4.69, 9.17) is 16.9 Å².